The molecule has 4 amide bonds. The Labute approximate surface area is 324 Å². The van der Waals surface area contributed by atoms with Gasteiger partial charge in [-0.3, -0.25) is 29.0 Å². The van der Waals surface area contributed by atoms with Gasteiger partial charge in [0, 0.05) is 22.6 Å². The van der Waals surface area contributed by atoms with Gasteiger partial charge in [0.2, 0.25) is 35.4 Å². The summed E-state index contributed by atoms with van der Waals surface area (Å²) in [5.74, 6) is -4.69. The third-order valence-corrected chi connectivity index (χ3v) is 12.3. The number of anilines is 2. The standard InChI is InChI=1S/C46H32N4O7/c51-35-10-4-1-7-29(35)38-28-21-22-30-39(45(54)49(43(30)52)26-17-13-24(14-18-26)41-47-33-8-2-5-11-36(33)56-41)31(28)23-32-40(38)46(55)50(44(32)53)27-19-15-25(16-20-27)42-48-34-9-3-6-12-37(34)57-42/h1-21,30-32,38-40,51H,22-23H2. The van der Waals surface area contributed by atoms with Crippen molar-refractivity contribution in [2.24, 2.45) is 29.6 Å². The molecule has 2 aliphatic heterocycles. The van der Waals surface area contributed by atoms with Gasteiger partial charge in [-0.05, 0) is 97.6 Å². The van der Waals surface area contributed by atoms with Gasteiger partial charge in [0.05, 0.1) is 35.0 Å². The van der Waals surface area contributed by atoms with E-state index in [0.717, 1.165) is 16.6 Å². The van der Waals surface area contributed by atoms with Crippen molar-refractivity contribution in [3.05, 3.63) is 139 Å². The highest BCUT2D eigenvalue weighted by Crippen LogP contribution is 2.59. The maximum Gasteiger partial charge on any atom is 0.238 e. The van der Waals surface area contributed by atoms with Crippen LogP contribution in [0.3, 0.4) is 0 Å². The van der Waals surface area contributed by atoms with Crippen molar-refractivity contribution in [2.75, 3.05) is 9.80 Å². The first kappa shape index (κ1) is 33.2. The van der Waals surface area contributed by atoms with Crippen molar-refractivity contribution in [3.8, 4) is 28.7 Å². The zero-order valence-electron chi connectivity index (χ0n) is 30.2. The van der Waals surface area contributed by atoms with E-state index in [1.807, 2.05) is 54.6 Å². The number of fused-ring (bicyclic) bond motifs is 6. The second-order valence-corrected chi connectivity index (χ2v) is 15.2. The number of hydrogen-bond acceptors (Lipinski definition) is 9. The minimum absolute atomic E-state index is 0.000735. The van der Waals surface area contributed by atoms with Crippen molar-refractivity contribution in [1.29, 1.82) is 0 Å². The molecular weight excluding hydrogens is 721 g/mol. The smallest absolute Gasteiger partial charge is 0.238 e. The Morgan fingerprint density at radius 2 is 1.05 bits per heavy atom. The first-order valence-electron chi connectivity index (χ1n) is 19.0. The monoisotopic (exact) mass is 752 g/mol. The second-order valence-electron chi connectivity index (χ2n) is 15.2. The quantitative estimate of drug-likeness (QED) is 0.136. The summed E-state index contributed by atoms with van der Waals surface area (Å²) in [6.45, 7) is 0. The molecule has 11 rings (SSSR count). The Morgan fingerprint density at radius 1 is 0.544 bits per heavy atom. The number of benzene rings is 5. The van der Waals surface area contributed by atoms with E-state index < -0.39 is 35.5 Å². The third kappa shape index (κ3) is 4.97. The van der Waals surface area contributed by atoms with Gasteiger partial charge in [-0.1, -0.05) is 54.1 Å². The molecular formula is C46H32N4O7. The fraction of sp³-hybridized carbons (Fsp3) is 0.174. The van der Waals surface area contributed by atoms with Gasteiger partial charge in [-0.25, -0.2) is 9.97 Å². The molecule has 0 radical (unpaired) electrons. The molecule has 3 fully saturated rings. The number of rotatable bonds is 5. The number of phenolic OH excluding ortho intramolecular Hbond substituents is 1. The van der Waals surface area contributed by atoms with E-state index in [2.05, 4.69) is 9.97 Å². The summed E-state index contributed by atoms with van der Waals surface area (Å²) in [5, 5.41) is 11.2. The predicted molar refractivity (Wildman–Crippen MR) is 209 cm³/mol. The van der Waals surface area contributed by atoms with E-state index in [1.165, 1.54) is 9.80 Å². The normalized spacial score (nSPS) is 24.2. The Morgan fingerprint density at radius 3 is 1.61 bits per heavy atom. The topological polar surface area (TPSA) is 147 Å². The number of hydrogen-bond donors (Lipinski definition) is 1. The molecule has 11 nitrogen and oxygen atoms in total. The van der Waals surface area contributed by atoms with E-state index >= 15 is 0 Å². The Bertz CT molecular complexity index is 2790. The van der Waals surface area contributed by atoms with Gasteiger partial charge >= 0.3 is 0 Å². The lowest BCUT2D eigenvalue weighted by atomic mass is 9.57. The van der Waals surface area contributed by atoms with Crippen molar-refractivity contribution in [3.63, 3.8) is 0 Å². The number of nitrogens with zero attached hydrogens (tertiary/aromatic N) is 4. The molecule has 4 aliphatic rings. The molecule has 0 bridgehead atoms. The highest BCUT2D eigenvalue weighted by atomic mass is 16.4. The van der Waals surface area contributed by atoms with Crippen LogP contribution in [-0.2, 0) is 19.2 Å². The lowest BCUT2D eigenvalue weighted by Gasteiger charge is -2.44. The molecule has 57 heavy (non-hydrogen) atoms. The molecule has 7 aromatic rings. The van der Waals surface area contributed by atoms with Gasteiger partial charge in [0.15, 0.2) is 11.2 Å². The molecule has 1 N–H and O–H groups in total. The van der Waals surface area contributed by atoms with Crippen LogP contribution in [0, 0.1) is 29.6 Å². The molecule has 2 aliphatic carbocycles. The SMILES string of the molecule is O=C1C2CC=C3C(CC4C(=O)N(c5ccc(-c6nc7ccccc7o6)cc5)C(=O)C4C3c3ccccc3O)C2C(=O)N1c1ccc(-c2nc3ccccc3o2)cc1. The van der Waals surface area contributed by atoms with Crippen LogP contribution >= 0.6 is 0 Å². The molecule has 6 atom stereocenters. The molecule has 2 saturated heterocycles. The molecule has 5 aromatic carbocycles. The van der Waals surface area contributed by atoms with Gasteiger partial charge in [-0.15, -0.1) is 0 Å². The van der Waals surface area contributed by atoms with Gasteiger partial charge < -0.3 is 13.9 Å². The Hall–Kier alpha value is -7.14. The van der Waals surface area contributed by atoms with E-state index in [0.29, 0.717) is 57.4 Å². The zero-order chi connectivity index (χ0) is 38.5. The summed E-state index contributed by atoms with van der Waals surface area (Å²) < 4.78 is 11.9. The number of imide groups is 2. The molecule has 11 heteroatoms. The lowest BCUT2D eigenvalue weighted by Crippen LogP contribution is -2.43. The molecule has 2 aromatic heterocycles. The highest BCUT2D eigenvalue weighted by Gasteiger charge is 2.62. The number of carbonyl (C=O) groups is 4. The number of oxazole rings is 2. The van der Waals surface area contributed by atoms with Crippen LogP contribution in [0.5, 0.6) is 5.75 Å². The zero-order valence-corrected chi connectivity index (χ0v) is 30.2. The van der Waals surface area contributed by atoms with E-state index in [-0.39, 0.29) is 35.8 Å². The van der Waals surface area contributed by atoms with Crippen LogP contribution in [0.1, 0.15) is 24.3 Å². The van der Waals surface area contributed by atoms with E-state index in [1.54, 1.807) is 72.8 Å². The summed E-state index contributed by atoms with van der Waals surface area (Å²) in [6.07, 6.45) is 2.48. The van der Waals surface area contributed by atoms with Gasteiger partial charge in [-0.2, -0.15) is 0 Å². The molecule has 4 heterocycles. The number of aromatic nitrogens is 2. The summed E-state index contributed by atoms with van der Waals surface area (Å²) in [5.41, 5.74) is 6.32. The summed E-state index contributed by atoms with van der Waals surface area (Å²) >= 11 is 0. The largest absolute Gasteiger partial charge is 0.508 e. The fourth-order valence-electron chi connectivity index (χ4n) is 9.69. The van der Waals surface area contributed by atoms with Crippen LogP contribution in [0.2, 0.25) is 0 Å². The van der Waals surface area contributed by atoms with Crippen LogP contribution < -0.4 is 9.80 Å². The number of phenols is 1. The van der Waals surface area contributed by atoms with Crippen molar-refractivity contribution in [1.82, 2.24) is 9.97 Å². The third-order valence-electron chi connectivity index (χ3n) is 12.3. The average molecular weight is 753 g/mol. The van der Waals surface area contributed by atoms with E-state index in [9.17, 15) is 24.3 Å². The van der Waals surface area contributed by atoms with E-state index in [4.69, 9.17) is 8.83 Å². The second kappa shape index (κ2) is 12.4. The van der Waals surface area contributed by atoms with Crippen LogP contribution in [-0.4, -0.2) is 38.7 Å². The maximum atomic E-state index is 14.6. The number of amides is 4. The minimum atomic E-state index is -0.815. The Kier molecular flexibility index (Phi) is 7.25. The van der Waals surface area contributed by atoms with Crippen molar-refractivity contribution >= 4 is 57.2 Å². The number of aromatic hydroxyl groups is 1. The number of allylic oxidation sites excluding steroid dienone is 2. The van der Waals surface area contributed by atoms with Crippen LogP contribution in [0.15, 0.2) is 142 Å². The first-order valence-corrected chi connectivity index (χ1v) is 19.0. The molecule has 6 unspecified atom stereocenters. The fourth-order valence-corrected chi connectivity index (χ4v) is 9.69. The summed E-state index contributed by atoms with van der Waals surface area (Å²) in [4.78, 5) is 69.4. The predicted octanol–water partition coefficient (Wildman–Crippen LogP) is 8.05. The maximum absolute atomic E-state index is 14.6. The molecule has 1 saturated carbocycles. The van der Waals surface area contributed by atoms with Crippen LogP contribution in [0.25, 0.3) is 45.1 Å². The first-order chi connectivity index (χ1) is 27.8. The molecule has 0 spiro atoms. The number of carbonyl (C=O) groups excluding carboxylic acids is 4. The highest BCUT2D eigenvalue weighted by molar-refractivity contribution is 6.24. The van der Waals surface area contributed by atoms with Gasteiger partial charge in [0.1, 0.15) is 16.8 Å². The summed E-state index contributed by atoms with van der Waals surface area (Å²) in [7, 11) is 0. The molecule has 278 valence electrons. The Balaban J connectivity index is 0.923. The van der Waals surface area contributed by atoms with Crippen molar-refractivity contribution in [2.45, 2.75) is 18.8 Å². The minimum Gasteiger partial charge on any atom is -0.508 e. The summed E-state index contributed by atoms with van der Waals surface area (Å²) in [6, 6.07) is 35.7. The lowest BCUT2D eigenvalue weighted by molar-refractivity contribution is -0.126. The number of para-hydroxylation sites is 5. The van der Waals surface area contributed by atoms with Crippen molar-refractivity contribution < 1.29 is 33.1 Å². The van der Waals surface area contributed by atoms with Crippen LogP contribution in [0.4, 0.5) is 11.4 Å². The van der Waals surface area contributed by atoms with Gasteiger partial charge in [0.25, 0.3) is 0 Å². The average Bonchev–Trinajstić information content (AvgIpc) is 3.99.